The summed E-state index contributed by atoms with van der Waals surface area (Å²) in [7, 11) is 0. The highest BCUT2D eigenvalue weighted by molar-refractivity contribution is 7.99. The average molecular weight is 270 g/mol. The largest absolute Gasteiger partial charge is 0.395 e. The van der Waals surface area contributed by atoms with Crippen LogP contribution in [-0.2, 0) is 0 Å². The van der Waals surface area contributed by atoms with Gasteiger partial charge in [0.1, 0.15) is 16.7 Å². The molecule has 0 fully saturated rings. The molecule has 0 saturated heterocycles. The third kappa shape index (κ3) is 2.86. The van der Waals surface area contributed by atoms with E-state index in [1.54, 1.807) is 0 Å². The van der Waals surface area contributed by atoms with Gasteiger partial charge in [-0.3, -0.25) is 0 Å². The number of nitrogens with two attached hydrogens (primary N) is 3. The molecular formula is C8H8ClN7S. The van der Waals surface area contributed by atoms with E-state index in [1.165, 1.54) is 12.3 Å². The minimum atomic E-state index is 0.0959. The van der Waals surface area contributed by atoms with Crippen LogP contribution in [0.4, 0.5) is 17.3 Å². The lowest BCUT2D eigenvalue weighted by atomic mass is 10.5. The Bertz CT molecular complexity index is 541. The summed E-state index contributed by atoms with van der Waals surface area (Å²) in [6.45, 7) is 0. The van der Waals surface area contributed by atoms with Crippen LogP contribution in [0.1, 0.15) is 0 Å². The predicted octanol–water partition coefficient (Wildman–Crippen LogP) is 0.818. The number of hydrogen-bond acceptors (Lipinski definition) is 8. The highest BCUT2D eigenvalue weighted by Crippen LogP contribution is 2.28. The number of rotatable bonds is 2. The molecule has 17 heavy (non-hydrogen) atoms. The molecule has 6 N–H and O–H groups in total. The zero-order valence-corrected chi connectivity index (χ0v) is 10.0. The molecule has 0 aliphatic heterocycles. The third-order valence-corrected chi connectivity index (χ3v) is 2.75. The molecule has 0 aliphatic rings. The number of anilines is 3. The number of hydrogen-bond donors (Lipinski definition) is 3. The second kappa shape index (κ2) is 4.60. The molecule has 0 amide bonds. The fourth-order valence-corrected chi connectivity index (χ4v) is 1.99. The summed E-state index contributed by atoms with van der Waals surface area (Å²) in [6.07, 6.45) is 1.41. The van der Waals surface area contributed by atoms with Crippen molar-refractivity contribution in [2.24, 2.45) is 0 Å². The van der Waals surface area contributed by atoms with Gasteiger partial charge in [-0.2, -0.15) is 0 Å². The zero-order valence-electron chi connectivity index (χ0n) is 8.46. The molecule has 9 heteroatoms. The Balaban J connectivity index is 2.34. The fourth-order valence-electron chi connectivity index (χ4n) is 1.03. The summed E-state index contributed by atoms with van der Waals surface area (Å²) < 4.78 is 0. The van der Waals surface area contributed by atoms with Gasteiger partial charge in [-0.15, -0.1) is 0 Å². The Hall–Kier alpha value is -1.80. The molecule has 0 aromatic carbocycles. The first kappa shape index (κ1) is 11.7. The Kier molecular flexibility index (Phi) is 3.16. The Morgan fingerprint density at radius 3 is 2.35 bits per heavy atom. The molecular weight excluding hydrogens is 262 g/mol. The first-order valence-corrected chi connectivity index (χ1v) is 5.60. The third-order valence-electron chi connectivity index (χ3n) is 1.68. The van der Waals surface area contributed by atoms with E-state index in [0.717, 1.165) is 11.8 Å². The van der Waals surface area contributed by atoms with Crippen molar-refractivity contribution in [3.8, 4) is 0 Å². The molecule has 0 saturated carbocycles. The maximum absolute atomic E-state index is 5.69. The van der Waals surface area contributed by atoms with Crippen LogP contribution in [0.3, 0.4) is 0 Å². The van der Waals surface area contributed by atoms with E-state index in [9.17, 15) is 0 Å². The SMILES string of the molecule is Nc1cc(N)nc(Sc2nc(Cl)ncc2N)n1. The molecule has 2 heterocycles. The first-order chi connectivity index (χ1) is 8.04. The summed E-state index contributed by atoms with van der Waals surface area (Å²) >= 11 is 6.78. The summed E-state index contributed by atoms with van der Waals surface area (Å²) in [4.78, 5) is 15.7. The minimum absolute atomic E-state index is 0.0959. The van der Waals surface area contributed by atoms with Crippen molar-refractivity contribution < 1.29 is 0 Å². The number of nitrogens with zero attached hydrogens (tertiary/aromatic N) is 4. The summed E-state index contributed by atoms with van der Waals surface area (Å²) in [5.41, 5.74) is 17.2. The van der Waals surface area contributed by atoms with Gasteiger partial charge in [0.25, 0.3) is 0 Å². The first-order valence-electron chi connectivity index (χ1n) is 4.40. The summed E-state index contributed by atoms with van der Waals surface area (Å²) in [6, 6.07) is 1.46. The van der Waals surface area contributed by atoms with Gasteiger partial charge >= 0.3 is 0 Å². The van der Waals surface area contributed by atoms with Crippen LogP contribution in [-0.4, -0.2) is 19.9 Å². The number of aromatic nitrogens is 4. The smallest absolute Gasteiger partial charge is 0.223 e. The maximum atomic E-state index is 5.69. The molecule has 2 rings (SSSR count). The molecule has 0 unspecified atom stereocenters. The lowest BCUT2D eigenvalue weighted by Gasteiger charge is -2.04. The maximum Gasteiger partial charge on any atom is 0.223 e. The van der Waals surface area contributed by atoms with E-state index in [0.29, 0.717) is 15.9 Å². The lowest BCUT2D eigenvalue weighted by molar-refractivity contribution is 0.972. The topological polar surface area (TPSA) is 130 Å². The van der Waals surface area contributed by atoms with E-state index < -0.39 is 0 Å². The van der Waals surface area contributed by atoms with Crippen molar-refractivity contribution >= 4 is 40.7 Å². The zero-order chi connectivity index (χ0) is 12.4. The number of nitrogen functional groups attached to an aromatic ring is 3. The van der Waals surface area contributed by atoms with Crippen molar-refractivity contribution in [3.63, 3.8) is 0 Å². The van der Waals surface area contributed by atoms with Gasteiger partial charge in [0.05, 0.1) is 11.9 Å². The molecule has 0 bridgehead atoms. The van der Waals surface area contributed by atoms with Crippen LogP contribution < -0.4 is 17.2 Å². The second-order valence-electron chi connectivity index (χ2n) is 3.00. The molecule has 7 nitrogen and oxygen atoms in total. The van der Waals surface area contributed by atoms with E-state index >= 15 is 0 Å². The van der Waals surface area contributed by atoms with Crippen molar-refractivity contribution in [2.75, 3.05) is 17.2 Å². The summed E-state index contributed by atoms with van der Waals surface area (Å²) in [5, 5.41) is 0.901. The van der Waals surface area contributed by atoms with Gasteiger partial charge in [0.2, 0.25) is 5.28 Å². The van der Waals surface area contributed by atoms with Crippen LogP contribution in [0, 0.1) is 0 Å². The second-order valence-corrected chi connectivity index (χ2v) is 4.30. The average Bonchev–Trinajstić information content (AvgIpc) is 2.22. The van der Waals surface area contributed by atoms with Crippen LogP contribution in [0.15, 0.2) is 22.4 Å². The normalized spacial score (nSPS) is 10.4. The van der Waals surface area contributed by atoms with E-state index in [1.807, 2.05) is 0 Å². The van der Waals surface area contributed by atoms with Crippen molar-refractivity contribution in [2.45, 2.75) is 10.2 Å². The Morgan fingerprint density at radius 2 is 1.71 bits per heavy atom. The monoisotopic (exact) mass is 269 g/mol. The molecule has 2 aromatic rings. The van der Waals surface area contributed by atoms with Crippen LogP contribution in [0.5, 0.6) is 0 Å². The van der Waals surface area contributed by atoms with Crippen LogP contribution in [0.25, 0.3) is 0 Å². The molecule has 0 spiro atoms. The fraction of sp³-hybridized carbons (Fsp3) is 0. The van der Waals surface area contributed by atoms with E-state index in [4.69, 9.17) is 28.8 Å². The molecule has 0 aliphatic carbocycles. The quantitative estimate of drug-likeness (QED) is 0.539. The van der Waals surface area contributed by atoms with Gasteiger partial charge in [-0.05, 0) is 23.4 Å². The summed E-state index contributed by atoms with van der Waals surface area (Å²) in [5.74, 6) is 0.553. The number of halogens is 1. The molecule has 0 radical (unpaired) electrons. The molecule has 88 valence electrons. The van der Waals surface area contributed by atoms with Gasteiger partial charge in [-0.1, -0.05) is 0 Å². The van der Waals surface area contributed by atoms with Crippen LogP contribution in [0.2, 0.25) is 5.28 Å². The Labute approximate surface area is 106 Å². The van der Waals surface area contributed by atoms with E-state index in [-0.39, 0.29) is 16.9 Å². The lowest BCUT2D eigenvalue weighted by Crippen LogP contribution is -2.00. The van der Waals surface area contributed by atoms with Gasteiger partial charge in [0, 0.05) is 6.07 Å². The Morgan fingerprint density at radius 1 is 1.06 bits per heavy atom. The minimum Gasteiger partial charge on any atom is -0.395 e. The van der Waals surface area contributed by atoms with E-state index in [2.05, 4.69) is 19.9 Å². The van der Waals surface area contributed by atoms with Gasteiger partial charge in [0.15, 0.2) is 5.16 Å². The van der Waals surface area contributed by atoms with Gasteiger partial charge < -0.3 is 17.2 Å². The molecule has 0 atom stereocenters. The van der Waals surface area contributed by atoms with Crippen LogP contribution >= 0.6 is 23.4 Å². The standard InChI is InChI=1S/C8H8ClN7S/c9-7-13-2-3(10)6(16-7)17-8-14-4(11)1-5(12)15-8/h1-2H,10H2,(H4,11,12,14,15). The van der Waals surface area contributed by atoms with Gasteiger partial charge in [-0.25, -0.2) is 19.9 Å². The highest BCUT2D eigenvalue weighted by atomic mass is 35.5. The predicted molar refractivity (Wildman–Crippen MR) is 66.4 cm³/mol. The van der Waals surface area contributed by atoms with Crippen molar-refractivity contribution in [1.29, 1.82) is 0 Å². The highest BCUT2D eigenvalue weighted by Gasteiger charge is 2.09. The van der Waals surface area contributed by atoms with Crippen molar-refractivity contribution in [3.05, 3.63) is 17.5 Å². The van der Waals surface area contributed by atoms with Crippen molar-refractivity contribution in [1.82, 2.24) is 19.9 Å². The molecule has 2 aromatic heterocycles.